The van der Waals surface area contributed by atoms with Gasteiger partial charge in [0.05, 0.1) is 0 Å². The van der Waals surface area contributed by atoms with Crippen LogP contribution in [-0.2, 0) is 11.3 Å². The van der Waals surface area contributed by atoms with Crippen molar-refractivity contribution in [3.8, 4) is 5.82 Å². The number of carbonyl (C=O) groups is 1. The molecule has 0 bridgehead atoms. The zero-order valence-corrected chi connectivity index (χ0v) is 22.8. The number of ether oxygens (including phenoxy) is 1. The summed E-state index contributed by atoms with van der Waals surface area (Å²) in [5.41, 5.74) is 0.468. The highest BCUT2D eigenvalue weighted by atomic mass is 35.5. The van der Waals surface area contributed by atoms with Gasteiger partial charge in [-0.2, -0.15) is 9.97 Å². The van der Waals surface area contributed by atoms with Gasteiger partial charge in [-0.1, -0.05) is 29.3 Å². The van der Waals surface area contributed by atoms with Gasteiger partial charge in [-0.25, -0.2) is 9.78 Å². The normalized spacial score (nSPS) is 14.1. The van der Waals surface area contributed by atoms with E-state index in [9.17, 15) is 4.79 Å². The lowest BCUT2D eigenvalue weighted by Crippen LogP contribution is -2.50. The molecule has 37 heavy (non-hydrogen) atoms. The van der Waals surface area contributed by atoms with E-state index in [0.29, 0.717) is 73.4 Å². The molecule has 3 aromatic rings. The van der Waals surface area contributed by atoms with Crippen LogP contribution in [0.5, 0.6) is 0 Å². The van der Waals surface area contributed by atoms with Crippen LogP contribution in [0.2, 0.25) is 10.0 Å². The summed E-state index contributed by atoms with van der Waals surface area (Å²) in [4.78, 5) is 29.9. The summed E-state index contributed by atoms with van der Waals surface area (Å²) in [6, 6.07) is 7.38. The van der Waals surface area contributed by atoms with Gasteiger partial charge in [0.15, 0.2) is 0 Å². The van der Waals surface area contributed by atoms with Crippen LogP contribution in [0.25, 0.3) is 5.82 Å². The second kappa shape index (κ2) is 12.0. The lowest BCUT2D eigenvalue weighted by Gasteiger charge is -2.35. The van der Waals surface area contributed by atoms with Gasteiger partial charge in [-0.3, -0.25) is 4.57 Å². The summed E-state index contributed by atoms with van der Waals surface area (Å²) in [6.07, 6.45) is 4.96. The molecule has 2 aromatic heterocycles. The molecular weight excluding hydrogens is 515 g/mol. The second-order valence-electron chi connectivity index (χ2n) is 9.68. The molecule has 0 unspecified atom stereocenters. The number of rotatable bonds is 8. The van der Waals surface area contributed by atoms with Crippen molar-refractivity contribution in [3.63, 3.8) is 0 Å². The van der Waals surface area contributed by atoms with Gasteiger partial charge in [-0.15, -0.1) is 0 Å². The maximum absolute atomic E-state index is 12.4. The molecule has 198 valence electrons. The highest BCUT2D eigenvalue weighted by Gasteiger charge is 2.27. The van der Waals surface area contributed by atoms with Gasteiger partial charge >= 0.3 is 6.09 Å². The first kappa shape index (κ1) is 27.0. The molecule has 0 atom stereocenters. The molecule has 1 aliphatic heterocycles. The van der Waals surface area contributed by atoms with E-state index in [1.165, 1.54) is 0 Å². The predicted octanol–water partition coefficient (Wildman–Crippen LogP) is 4.23. The number of piperazine rings is 1. The van der Waals surface area contributed by atoms with Crippen LogP contribution in [0.15, 0.2) is 43.0 Å². The fourth-order valence-electron chi connectivity index (χ4n) is 3.76. The lowest BCUT2D eigenvalue weighted by molar-refractivity contribution is 0.0240. The summed E-state index contributed by atoms with van der Waals surface area (Å²) in [6.45, 7) is 9.88. The van der Waals surface area contributed by atoms with Crippen molar-refractivity contribution in [2.45, 2.75) is 32.9 Å². The smallest absolute Gasteiger partial charge is 0.410 e. The Hall–Kier alpha value is -3.08. The number of benzene rings is 1. The average Bonchev–Trinajstić information content (AvgIpc) is 3.39. The van der Waals surface area contributed by atoms with Crippen LogP contribution >= 0.6 is 23.2 Å². The van der Waals surface area contributed by atoms with Crippen molar-refractivity contribution in [3.05, 3.63) is 58.6 Å². The number of anilines is 2. The Bertz CT molecular complexity index is 1190. The first-order valence-corrected chi connectivity index (χ1v) is 12.9. The number of amides is 1. The minimum atomic E-state index is -0.521. The number of nitrogens with zero attached hydrogens (tertiary/aromatic N) is 6. The van der Waals surface area contributed by atoms with Crippen LogP contribution < -0.4 is 15.5 Å². The molecule has 0 spiro atoms. The molecule has 1 saturated heterocycles. The number of aromatic nitrogens is 4. The van der Waals surface area contributed by atoms with Gasteiger partial charge in [0.25, 0.3) is 0 Å². The van der Waals surface area contributed by atoms with Crippen molar-refractivity contribution in [2.24, 2.45) is 0 Å². The quantitative estimate of drug-likeness (QED) is 0.405. The fraction of sp³-hybridized carbons (Fsp3) is 0.440. The van der Waals surface area contributed by atoms with Crippen LogP contribution in [-0.4, -0.2) is 75.4 Å². The summed E-state index contributed by atoms with van der Waals surface area (Å²) in [5, 5.41) is 8.02. The maximum Gasteiger partial charge on any atom is 0.410 e. The highest BCUT2D eigenvalue weighted by molar-refractivity contribution is 6.35. The van der Waals surface area contributed by atoms with E-state index < -0.39 is 5.60 Å². The van der Waals surface area contributed by atoms with Crippen molar-refractivity contribution in [1.82, 2.24) is 29.7 Å². The first-order chi connectivity index (χ1) is 17.7. The molecule has 12 heteroatoms. The van der Waals surface area contributed by atoms with Crippen molar-refractivity contribution >= 4 is 41.1 Å². The molecule has 1 aliphatic rings. The highest BCUT2D eigenvalue weighted by Crippen LogP contribution is 2.21. The van der Waals surface area contributed by atoms with Crippen molar-refractivity contribution < 1.29 is 9.53 Å². The van der Waals surface area contributed by atoms with E-state index in [0.717, 1.165) is 5.56 Å². The Morgan fingerprint density at radius 3 is 2.54 bits per heavy atom. The molecule has 3 heterocycles. The van der Waals surface area contributed by atoms with E-state index in [-0.39, 0.29) is 6.09 Å². The largest absolute Gasteiger partial charge is 0.444 e. The molecule has 0 radical (unpaired) electrons. The average molecular weight is 547 g/mol. The Kier molecular flexibility index (Phi) is 8.73. The van der Waals surface area contributed by atoms with E-state index in [4.69, 9.17) is 37.9 Å². The third kappa shape index (κ3) is 7.70. The SMILES string of the molecule is CC(C)(C)OC(=O)N1CCN(c2nc(NCCNCc3ccc(Cl)cc3Cl)cc(-n3ccnc3)n2)CC1. The van der Waals surface area contributed by atoms with Gasteiger partial charge in [0.1, 0.15) is 23.6 Å². The Balaban J connectivity index is 1.37. The maximum atomic E-state index is 12.4. The third-order valence-corrected chi connectivity index (χ3v) is 6.21. The zero-order chi connectivity index (χ0) is 26.4. The minimum absolute atomic E-state index is 0.296. The van der Waals surface area contributed by atoms with Crippen molar-refractivity contribution in [1.29, 1.82) is 0 Å². The number of carbonyl (C=O) groups excluding carboxylic acids is 1. The van der Waals surface area contributed by atoms with Gasteiger partial charge in [0.2, 0.25) is 5.95 Å². The molecule has 0 aliphatic carbocycles. The summed E-state index contributed by atoms with van der Waals surface area (Å²) in [5.74, 6) is 2.01. The van der Waals surface area contributed by atoms with Crippen LogP contribution in [0.4, 0.5) is 16.6 Å². The molecule has 2 N–H and O–H groups in total. The molecule has 1 amide bonds. The van der Waals surface area contributed by atoms with E-state index in [2.05, 4.69) is 20.5 Å². The minimum Gasteiger partial charge on any atom is -0.444 e. The molecule has 10 nitrogen and oxygen atoms in total. The Morgan fingerprint density at radius 1 is 1.08 bits per heavy atom. The Morgan fingerprint density at radius 2 is 1.86 bits per heavy atom. The summed E-state index contributed by atoms with van der Waals surface area (Å²) < 4.78 is 7.35. The number of hydrogen-bond donors (Lipinski definition) is 2. The molecule has 1 fully saturated rings. The van der Waals surface area contributed by atoms with Crippen LogP contribution in [0.3, 0.4) is 0 Å². The number of halogens is 2. The van der Waals surface area contributed by atoms with Gasteiger partial charge in [-0.05, 0) is 38.5 Å². The number of imidazole rings is 1. The van der Waals surface area contributed by atoms with Crippen molar-refractivity contribution in [2.75, 3.05) is 49.5 Å². The standard InChI is InChI=1S/C25H32Cl2N8O2/c1-25(2,3)37-24(36)34-12-10-33(11-13-34)23-31-21(15-22(32-23)35-9-8-29-17-35)30-7-6-28-16-18-4-5-19(26)14-20(18)27/h4-5,8-9,14-15,17,28H,6-7,10-13,16H2,1-3H3,(H,30,31,32). The van der Waals surface area contributed by atoms with E-state index >= 15 is 0 Å². The van der Waals surface area contributed by atoms with Gasteiger partial charge < -0.3 is 25.2 Å². The molecule has 1 aromatic carbocycles. The zero-order valence-electron chi connectivity index (χ0n) is 21.2. The van der Waals surface area contributed by atoms with Crippen LogP contribution in [0, 0.1) is 0 Å². The predicted molar refractivity (Wildman–Crippen MR) is 146 cm³/mol. The second-order valence-corrected chi connectivity index (χ2v) is 10.5. The van der Waals surface area contributed by atoms with E-state index in [1.54, 1.807) is 23.5 Å². The number of hydrogen-bond acceptors (Lipinski definition) is 8. The number of nitrogens with one attached hydrogen (secondary N) is 2. The van der Waals surface area contributed by atoms with Gasteiger partial charge in [0, 0.05) is 74.3 Å². The molecule has 0 saturated carbocycles. The summed E-state index contributed by atoms with van der Waals surface area (Å²) in [7, 11) is 0. The molecule has 4 rings (SSSR count). The fourth-order valence-corrected chi connectivity index (χ4v) is 4.24. The first-order valence-electron chi connectivity index (χ1n) is 12.2. The Labute approximate surface area is 226 Å². The topological polar surface area (TPSA) is 100 Å². The van der Waals surface area contributed by atoms with E-state index in [1.807, 2.05) is 49.7 Å². The van der Waals surface area contributed by atoms with Crippen LogP contribution in [0.1, 0.15) is 26.3 Å². The monoisotopic (exact) mass is 546 g/mol. The summed E-state index contributed by atoms with van der Waals surface area (Å²) >= 11 is 12.2. The molecular formula is C25H32Cl2N8O2. The third-order valence-electron chi connectivity index (χ3n) is 5.62. The lowest BCUT2D eigenvalue weighted by atomic mass is 10.2.